The molecule has 1 fully saturated rings. The molecule has 0 atom stereocenters. The van der Waals surface area contributed by atoms with Gasteiger partial charge in [0.15, 0.2) is 0 Å². The number of carbonyl (C=O) groups is 1. The lowest BCUT2D eigenvalue weighted by Gasteiger charge is -2.37. The third kappa shape index (κ3) is 6.60. The van der Waals surface area contributed by atoms with Gasteiger partial charge in [0.25, 0.3) is 11.5 Å². The fourth-order valence-corrected chi connectivity index (χ4v) is 6.05. The second-order valence-corrected chi connectivity index (χ2v) is 10.7. The van der Waals surface area contributed by atoms with Crippen LogP contribution >= 0.6 is 0 Å². The van der Waals surface area contributed by atoms with E-state index in [0.717, 1.165) is 54.6 Å². The number of H-pyrrole nitrogens is 1. The Kier molecular flexibility index (Phi) is 10.2. The predicted octanol–water partition coefficient (Wildman–Crippen LogP) is 7.07. The Morgan fingerprint density at radius 3 is 2.28 bits per heavy atom. The Morgan fingerprint density at radius 2 is 1.69 bits per heavy atom. The van der Waals surface area contributed by atoms with E-state index in [4.69, 9.17) is 0 Å². The number of carbonyl (C=O) groups excluding carboxylic acids is 1. The van der Waals surface area contributed by atoms with Gasteiger partial charge in [-0.15, -0.1) is 0 Å². The third-order valence-corrected chi connectivity index (χ3v) is 7.98. The predicted molar refractivity (Wildman–Crippen MR) is 151 cm³/mol. The van der Waals surface area contributed by atoms with Crippen LogP contribution in [-0.2, 0) is 6.54 Å². The highest BCUT2D eigenvalue weighted by Gasteiger charge is 2.25. The molecule has 5 nitrogen and oxygen atoms in total. The number of pyridine rings is 1. The van der Waals surface area contributed by atoms with Crippen molar-refractivity contribution < 1.29 is 4.79 Å². The van der Waals surface area contributed by atoms with Gasteiger partial charge in [-0.05, 0) is 94.2 Å². The average Bonchev–Trinajstić information content (AvgIpc) is 2.85. The van der Waals surface area contributed by atoms with Crippen molar-refractivity contribution in [3.05, 3.63) is 62.1 Å². The van der Waals surface area contributed by atoms with Gasteiger partial charge in [0.05, 0.1) is 0 Å². The summed E-state index contributed by atoms with van der Waals surface area (Å²) in [5.41, 5.74) is 6.52. The van der Waals surface area contributed by atoms with Crippen LogP contribution in [0.5, 0.6) is 0 Å². The molecule has 3 rings (SSSR count). The number of rotatable bonds is 11. The van der Waals surface area contributed by atoms with Gasteiger partial charge in [0, 0.05) is 41.6 Å². The number of nitrogens with zero attached hydrogens (tertiary/aromatic N) is 1. The van der Waals surface area contributed by atoms with E-state index < -0.39 is 0 Å². The van der Waals surface area contributed by atoms with E-state index in [1.807, 2.05) is 19.9 Å². The molecule has 1 aliphatic carbocycles. The summed E-state index contributed by atoms with van der Waals surface area (Å²) in [5.74, 6) is 0.361. The smallest absolute Gasteiger partial charge is 0.253 e. The molecule has 1 saturated carbocycles. The molecule has 0 saturated heterocycles. The largest absolute Gasteiger partial charge is 0.369 e. The van der Waals surface area contributed by atoms with E-state index in [1.54, 1.807) is 0 Å². The van der Waals surface area contributed by atoms with Crippen LogP contribution < -0.4 is 15.8 Å². The molecule has 1 aromatic carbocycles. The summed E-state index contributed by atoms with van der Waals surface area (Å²) < 4.78 is 0. The maximum atomic E-state index is 13.6. The summed E-state index contributed by atoms with van der Waals surface area (Å²) in [4.78, 5) is 31.5. The molecule has 0 radical (unpaired) electrons. The van der Waals surface area contributed by atoms with Crippen molar-refractivity contribution in [3.63, 3.8) is 0 Å². The van der Waals surface area contributed by atoms with Crippen LogP contribution in [0, 0.1) is 20.8 Å². The Labute approximate surface area is 218 Å². The first-order chi connectivity index (χ1) is 17.3. The van der Waals surface area contributed by atoms with E-state index >= 15 is 0 Å². The number of aryl methyl sites for hydroxylation is 2. The van der Waals surface area contributed by atoms with Crippen LogP contribution in [0.2, 0.25) is 0 Å². The zero-order valence-electron chi connectivity index (χ0n) is 23.4. The maximum Gasteiger partial charge on any atom is 0.253 e. The van der Waals surface area contributed by atoms with Crippen LogP contribution in [0.3, 0.4) is 0 Å². The van der Waals surface area contributed by atoms with Crippen molar-refractivity contribution in [1.29, 1.82) is 0 Å². The molecular weight excluding hydrogens is 446 g/mol. The Morgan fingerprint density at radius 1 is 1.03 bits per heavy atom. The molecule has 1 aromatic heterocycles. The van der Waals surface area contributed by atoms with Gasteiger partial charge in [0.2, 0.25) is 0 Å². The van der Waals surface area contributed by atoms with E-state index in [9.17, 15) is 9.59 Å². The molecule has 1 amide bonds. The van der Waals surface area contributed by atoms with Crippen LogP contribution in [-0.4, -0.2) is 23.5 Å². The standard InChI is InChI=1S/C31H47N3O2/c1-7-13-24(14-8-2)25-18-27(30(35)32-20-28-21(4)17-22(5)33-31(28)36)23(6)29(19-25)34(9-3)26-15-11-10-12-16-26/h17-19,24,26H,7-16,20H2,1-6H3,(H,32,35)(H,33,36). The summed E-state index contributed by atoms with van der Waals surface area (Å²) in [6.07, 6.45) is 10.9. The van der Waals surface area contributed by atoms with Crippen LogP contribution in [0.4, 0.5) is 5.69 Å². The molecule has 5 heteroatoms. The van der Waals surface area contributed by atoms with Crippen LogP contribution in [0.15, 0.2) is 23.0 Å². The number of aromatic nitrogens is 1. The number of hydrogen-bond donors (Lipinski definition) is 2. The van der Waals surface area contributed by atoms with E-state index in [2.05, 4.69) is 55.0 Å². The average molecular weight is 494 g/mol. The van der Waals surface area contributed by atoms with Crippen molar-refractivity contribution >= 4 is 11.6 Å². The van der Waals surface area contributed by atoms with Gasteiger partial charge in [-0.25, -0.2) is 0 Å². The Balaban J connectivity index is 2.00. The highest BCUT2D eigenvalue weighted by Crippen LogP contribution is 2.36. The SMILES string of the molecule is CCCC(CCC)c1cc(C(=O)NCc2c(C)cc(C)[nH]c2=O)c(C)c(N(CC)C2CCCCC2)c1. The highest BCUT2D eigenvalue weighted by molar-refractivity contribution is 5.97. The number of anilines is 1. The van der Waals surface area contributed by atoms with Gasteiger partial charge in [-0.3, -0.25) is 9.59 Å². The lowest BCUT2D eigenvalue weighted by atomic mass is 9.86. The minimum absolute atomic E-state index is 0.0959. The summed E-state index contributed by atoms with van der Waals surface area (Å²) in [6.45, 7) is 13.8. The Bertz CT molecular complexity index is 1080. The van der Waals surface area contributed by atoms with Crippen LogP contribution in [0.1, 0.15) is 123 Å². The zero-order chi connectivity index (χ0) is 26.2. The van der Waals surface area contributed by atoms with E-state index in [-0.39, 0.29) is 18.0 Å². The fourth-order valence-electron chi connectivity index (χ4n) is 6.05. The number of aromatic amines is 1. The molecule has 1 heterocycles. The fraction of sp³-hybridized carbons (Fsp3) is 0.613. The number of benzene rings is 1. The number of nitrogens with one attached hydrogen (secondary N) is 2. The first-order valence-electron chi connectivity index (χ1n) is 14.2. The summed E-state index contributed by atoms with van der Waals surface area (Å²) in [7, 11) is 0. The van der Waals surface area contributed by atoms with E-state index in [1.165, 1.54) is 43.4 Å². The number of hydrogen-bond acceptors (Lipinski definition) is 3. The normalized spacial score (nSPS) is 14.3. The second-order valence-electron chi connectivity index (χ2n) is 10.7. The van der Waals surface area contributed by atoms with Gasteiger partial charge in [-0.1, -0.05) is 46.0 Å². The first-order valence-corrected chi connectivity index (χ1v) is 14.2. The minimum atomic E-state index is -0.126. The van der Waals surface area contributed by atoms with Crippen molar-refractivity contribution in [2.45, 2.75) is 118 Å². The van der Waals surface area contributed by atoms with Gasteiger partial charge < -0.3 is 15.2 Å². The molecule has 198 valence electrons. The Hall–Kier alpha value is -2.56. The lowest BCUT2D eigenvalue weighted by molar-refractivity contribution is 0.0950. The van der Waals surface area contributed by atoms with Gasteiger partial charge in [0.1, 0.15) is 0 Å². The summed E-state index contributed by atoms with van der Waals surface area (Å²) in [6, 6.07) is 7.01. The first kappa shape index (κ1) is 28.0. The molecular formula is C31H47N3O2. The van der Waals surface area contributed by atoms with Crippen LogP contribution in [0.25, 0.3) is 0 Å². The minimum Gasteiger partial charge on any atom is -0.369 e. The molecule has 0 bridgehead atoms. The van der Waals surface area contributed by atoms with Gasteiger partial charge >= 0.3 is 0 Å². The van der Waals surface area contributed by atoms with Gasteiger partial charge in [-0.2, -0.15) is 0 Å². The molecule has 2 N–H and O–H groups in total. The quantitative estimate of drug-likeness (QED) is 0.352. The third-order valence-electron chi connectivity index (χ3n) is 7.98. The van der Waals surface area contributed by atoms with Crippen molar-refractivity contribution in [3.8, 4) is 0 Å². The van der Waals surface area contributed by atoms with E-state index in [0.29, 0.717) is 17.5 Å². The summed E-state index contributed by atoms with van der Waals surface area (Å²) >= 11 is 0. The lowest BCUT2D eigenvalue weighted by Crippen LogP contribution is -2.37. The molecule has 1 aliphatic rings. The van der Waals surface area contributed by atoms with Crippen molar-refractivity contribution in [2.75, 3.05) is 11.4 Å². The topological polar surface area (TPSA) is 65.2 Å². The zero-order valence-corrected chi connectivity index (χ0v) is 23.4. The molecule has 0 unspecified atom stereocenters. The monoisotopic (exact) mass is 493 g/mol. The second kappa shape index (κ2) is 13.1. The molecule has 2 aromatic rings. The molecule has 0 spiro atoms. The number of amides is 1. The van der Waals surface area contributed by atoms with Crippen molar-refractivity contribution in [1.82, 2.24) is 10.3 Å². The molecule has 36 heavy (non-hydrogen) atoms. The van der Waals surface area contributed by atoms with Crippen molar-refractivity contribution in [2.24, 2.45) is 0 Å². The summed E-state index contributed by atoms with van der Waals surface area (Å²) in [5, 5.41) is 3.07. The molecule has 0 aliphatic heterocycles. The maximum absolute atomic E-state index is 13.6. The highest BCUT2D eigenvalue weighted by atomic mass is 16.1.